The molecule has 5 rings (SSSR count). The third kappa shape index (κ3) is 2.02. The van der Waals surface area contributed by atoms with Gasteiger partial charge in [0.1, 0.15) is 11.4 Å². The number of aliphatic hydroxyl groups is 2. The summed E-state index contributed by atoms with van der Waals surface area (Å²) in [6.45, 7) is 9.45. The molecule has 0 amide bonds. The van der Waals surface area contributed by atoms with Crippen LogP contribution in [0.15, 0.2) is 0 Å². The SMILES string of the molecule is CC1(C)C(O)CC(O)C2(C)C1CC(=O)C1(C)C2CCC2(C)C(C(=O)O)OC(=O)C3OC321. The standard InChI is InChI=1S/C23H32O8/c1-19(2)11-8-14(26)22(5)10(21(11,4)13(25)9-12(19)24)6-7-20(3)15(17(27)28)30-18(29)16-23(20,22)31-16/h10-13,15-16,24-25H,6-9H2,1-5H3,(H,27,28). The van der Waals surface area contributed by atoms with Crippen LogP contribution in [0.1, 0.15) is 60.3 Å². The number of rotatable bonds is 1. The molecule has 3 aliphatic carbocycles. The maximum absolute atomic E-state index is 13.9. The Morgan fingerprint density at radius 3 is 2.29 bits per heavy atom. The van der Waals surface area contributed by atoms with Gasteiger partial charge in [-0.05, 0) is 37.0 Å². The molecule has 8 nitrogen and oxygen atoms in total. The minimum Gasteiger partial charge on any atom is -0.478 e. The number of Topliss-reactive ketones (excluding diaryl/α,β-unsaturated/α-hetero) is 1. The Morgan fingerprint density at radius 2 is 1.68 bits per heavy atom. The lowest BCUT2D eigenvalue weighted by molar-refractivity contribution is -0.253. The zero-order valence-corrected chi connectivity index (χ0v) is 18.7. The molecule has 0 aromatic rings. The molecule has 10 atom stereocenters. The summed E-state index contributed by atoms with van der Waals surface area (Å²) in [7, 11) is 0. The van der Waals surface area contributed by atoms with Gasteiger partial charge in [0.05, 0.1) is 17.6 Å². The van der Waals surface area contributed by atoms with Crippen molar-refractivity contribution in [3.05, 3.63) is 0 Å². The number of hydrogen-bond donors (Lipinski definition) is 3. The van der Waals surface area contributed by atoms with Crippen LogP contribution in [0, 0.1) is 33.5 Å². The van der Waals surface area contributed by atoms with Crippen LogP contribution in [0.25, 0.3) is 0 Å². The molecule has 3 N–H and O–H groups in total. The van der Waals surface area contributed by atoms with Gasteiger partial charge < -0.3 is 24.8 Å². The Morgan fingerprint density at radius 1 is 1.03 bits per heavy atom. The van der Waals surface area contributed by atoms with E-state index in [1.807, 2.05) is 20.8 Å². The van der Waals surface area contributed by atoms with E-state index in [0.29, 0.717) is 12.8 Å². The zero-order chi connectivity index (χ0) is 22.9. The van der Waals surface area contributed by atoms with E-state index in [-0.39, 0.29) is 30.5 Å². The highest BCUT2D eigenvalue weighted by molar-refractivity contribution is 5.94. The van der Waals surface area contributed by atoms with Crippen molar-refractivity contribution < 1.29 is 39.2 Å². The zero-order valence-electron chi connectivity index (χ0n) is 18.7. The van der Waals surface area contributed by atoms with Gasteiger partial charge in [0.15, 0.2) is 6.10 Å². The van der Waals surface area contributed by atoms with Crippen molar-refractivity contribution in [1.82, 2.24) is 0 Å². The quantitative estimate of drug-likeness (QED) is 0.414. The number of aliphatic carboxylic acids is 1. The molecular weight excluding hydrogens is 404 g/mol. The number of cyclic esters (lactones) is 1. The molecular formula is C23H32O8. The summed E-state index contributed by atoms with van der Waals surface area (Å²) >= 11 is 0. The Kier molecular flexibility index (Phi) is 3.92. The topological polar surface area (TPSA) is 134 Å². The second-order valence-corrected chi connectivity index (χ2v) is 11.7. The van der Waals surface area contributed by atoms with Crippen LogP contribution in [0.2, 0.25) is 0 Å². The summed E-state index contributed by atoms with van der Waals surface area (Å²) in [6, 6.07) is 0. The number of fused-ring (bicyclic) bond motifs is 3. The molecule has 0 aromatic carbocycles. The van der Waals surface area contributed by atoms with Gasteiger partial charge in [0, 0.05) is 23.7 Å². The van der Waals surface area contributed by atoms with Crippen LogP contribution in [0.3, 0.4) is 0 Å². The van der Waals surface area contributed by atoms with Crippen LogP contribution < -0.4 is 0 Å². The van der Waals surface area contributed by atoms with Crippen LogP contribution in [-0.2, 0) is 23.9 Å². The van der Waals surface area contributed by atoms with Crippen molar-refractivity contribution in [1.29, 1.82) is 0 Å². The first-order chi connectivity index (χ1) is 14.2. The summed E-state index contributed by atoms with van der Waals surface area (Å²) < 4.78 is 11.3. The number of carboxylic acids is 1. The minimum absolute atomic E-state index is 0.0818. The number of carboxylic acid groups (broad SMARTS) is 1. The third-order valence-electron chi connectivity index (χ3n) is 10.5. The Hall–Kier alpha value is -1.51. The molecule has 1 spiro atoms. The van der Waals surface area contributed by atoms with Crippen molar-refractivity contribution in [3.8, 4) is 0 Å². The smallest absolute Gasteiger partial charge is 0.345 e. The number of hydrogen-bond acceptors (Lipinski definition) is 7. The number of ketones is 1. The van der Waals surface area contributed by atoms with Gasteiger partial charge in [-0.1, -0.05) is 27.7 Å². The van der Waals surface area contributed by atoms with Crippen molar-refractivity contribution in [2.45, 2.75) is 90.3 Å². The monoisotopic (exact) mass is 436 g/mol. The number of epoxide rings is 1. The van der Waals surface area contributed by atoms with Gasteiger partial charge in [0.25, 0.3) is 0 Å². The maximum Gasteiger partial charge on any atom is 0.345 e. The van der Waals surface area contributed by atoms with Crippen molar-refractivity contribution >= 4 is 17.7 Å². The second kappa shape index (κ2) is 5.69. The normalized spacial score (nSPS) is 57.0. The van der Waals surface area contributed by atoms with Gasteiger partial charge in [0.2, 0.25) is 6.10 Å². The fourth-order valence-electron chi connectivity index (χ4n) is 8.65. The van der Waals surface area contributed by atoms with E-state index in [4.69, 9.17) is 9.47 Å². The minimum atomic E-state index is -1.38. The molecule has 0 bridgehead atoms. The Balaban J connectivity index is 1.69. The highest BCUT2D eigenvalue weighted by Crippen LogP contribution is 2.77. The van der Waals surface area contributed by atoms with E-state index in [1.54, 1.807) is 13.8 Å². The van der Waals surface area contributed by atoms with E-state index < -0.39 is 63.6 Å². The largest absolute Gasteiger partial charge is 0.478 e. The van der Waals surface area contributed by atoms with Crippen LogP contribution in [-0.4, -0.2) is 63.1 Å². The van der Waals surface area contributed by atoms with Crippen LogP contribution >= 0.6 is 0 Å². The van der Waals surface area contributed by atoms with Gasteiger partial charge in [-0.3, -0.25) is 4.79 Å². The molecule has 0 radical (unpaired) electrons. The fraction of sp³-hybridized carbons (Fsp3) is 0.870. The number of carbonyl (C=O) groups excluding carboxylic acids is 2. The maximum atomic E-state index is 13.9. The predicted molar refractivity (Wildman–Crippen MR) is 106 cm³/mol. The Bertz CT molecular complexity index is 898. The first-order valence-corrected chi connectivity index (χ1v) is 11.2. The molecule has 2 aliphatic heterocycles. The van der Waals surface area contributed by atoms with Gasteiger partial charge >= 0.3 is 11.9 Å². The highest BCUT2D eigenvalue weighted by Gasteiger charge is 2.89. The molecule has 172 valence electrons. The molecule has 10 unspecified atom stereocenters. The Labute approximate surface area is 181 Å². The third-order valence-corrected chi connectivity index (χ3v) is 10.5. The van der Waals surface area contributed by atoms with Gasteiger partial charge in [-0.15, -0.1) is 0 Å². The highest BCUT2D eigenvalue weighted by atomic mass is 16.7. The van der Waals surface area contributed by atoms with Crippen molar-refractivity contribution in [2.75, 3.05) is 0 Å². The van der Waals surface area contributed by atoms with E-state index in [2.05, 4.69) is 0 Å². The lowest BCUT2D eigenvalue weighted by atomic mass is 9.34. The molecule has 5 fully saturated rings. The summed E-state index contributed by atoms with van der Waals surface area (Å²) in [5.74, 6) is -2.60. The molecule has 31 heavy (non-hydrogen) atoms. The summed E-state index contributed by atoms with van der Waals surface area (Å²) in [5.41, 5.74) is -4.69. The number of aliphatic hydroxyl groups excluding tert-OH is 2. The average molecular weight is 437 g/mol. The van der Waals surface area contributed by atoms with Gasteiger partial charge in [-0.25, -0.2) is 9.59 Å². The lowest BCUT2D eigenvalue weighted by Crippen LogP contribution is -2.75. The van der Waals surface area contributed by atoms with E-state index >= 15 is 0 Å². The molecule has 2 heterocycles. The van der Waals surface area contributed by atoms with E-state index in [0.717, 1.165) is 0 Å². The predicted octanol–water partition coefficient (Wildman–Crippen LogP) is 1.30. The van der Waals surface area contributed by atoms with Crippen LogP contribution in [0.5, 0.6) is 0 Å². The average Bonchev–Trinajstić information content (AvgIpc) is 3.44. The number of esters is 1. The molecule has 3 saturated carbocycles. The number of ether oxygens (including phenoxy) is 2. The van der Waals surface area contributed by atoms with Crippen molar-refractivity contribution in [3.63, 3.8) is 0 Å². The first kappa shape index (κ1) is 21.3. The lowest BCUT2D eigenvalue weighted by Gasteiger charge is -2.68. The molecule has 5 aliphatic rings. The summed E-state index contributed by atoms with van der Waals surface area (Å²) in [4.78, 5) is 38.6. The second-order valence-electron chi connectivity index (χ2n) is 11.7. The molecule has 2 saturated heterocycles. The van der Waals surface area contributed by atoms with Crippen LogP contribution in [0.4, 0.5) is 0 Å². The fourth-order valence-corrected chi connectivity index (χ4v) is 8.65. The van der Waals surface area contributed by atoms with E-state index in [9.17, 15) is 29.7 Å². The summed E-state index contributed by atoms with van der Waals surface area (Å²) in [6.07, 6.45) is -2.63. The van der Waals surface area contributed by atoms with Gasteiger partial charge in [-0.2, -0.15) is 0 Å². The molecule has 8 heteroatoms. The van der Waals surface area contributed by atoms with E-state index in [1.165, 1.54) is 0 Å². The number of carbonyl (C=O) groups is 3. The van der Waals surface area contributed by atoms with Crippen molar-refractivity contribution in [2.24, 2.45) is 33.5 Å². The summed E-state index contributed by atoms with van der Waals surface area (Å²) in [5, 5.41) is 31.8. The molecule has 0 aromatic heterocycles. The first-order valence-electron chi connectivity index (χ1n) is 11.2.